The molecule has 2 N–H and O–H groups in total. The first-order valence-electron chi connectivity index (χ1n) is 8.89. The Kier molecular flexibility index (Phi) is 6.07. The van der Waals surface area contributed by atoms with Crippen molar-refractivity contribution in [2.24, 2.45) is 0 Å². The Morgan fingerprint density at radius 1 is 1.10 bits per heavy atom. The van der Waals surface area contributed by atoms with Crippen molar-refractivity contribution in [3.05, 3.63) is 65.9 Å². The number of ether oxygens (including phenoxy) is 1. The van der Waals surface area contributed by atoms with Crippen molar-refractivity contribution in [3.63, 3.8) is 0 Å². The van der Waals surface area contributed by atoms with Gasteiger partial charge in [-0.1, -0.05) is 18.2 Å². The zero-order valence-corrected chi connectivity index (χ0v) is 16.9. The number of nitrogens with one attached hydrogen (secondary N) is 2. The minimum atomic E-state index is -5.52. The smallest absolute Gasteiger partial charge is 0.467 e. The summed E-state index contributed by atoms with van der Waals surface area (Å²) in [5.74, 6) is -1.49. The van der Waals surface area contributed by atoms with E-state index in [1.54, 1.807) is 6.20 Å². The average Bonchev–Trinajstić information content (AvgIpc) is 3.14. The summed E-state index contributed by atoms with van der Waals surface area (Å²) in [4.78, 5) is 26.8. The van der Waals surface area contributed by atoms with E-state index in [1.807, 2.05) is 24.3 Å². The number of aromatic amines is 1. The maximum atomic E-state index is 12.6. The number of carbonyl (C=O) groups excluding carboxylic acids is 2. The summed E-state index contributed by atoms with van der Waals surface area (Å²) in [6.45, 7) is 0. The van der Waals surface area contributed by atoms with Gasteiger partial charge in [0, 0.05) is 29.1 Å². The lowest BCUT2D eigenvalue weighted by molar-refractivity contribution is -0.142. The van der Waals surface area contributed by atoms with Crippen LogP contribution in [0.15, 0.2) is 59.6 Å². The summed E-state index contributed by atoms with van der Waals surface area (Å²) >= 11 is 0. The van der Waals surface area contributed by atoms with Crippen molar-refractivity contribution in [1.29, 1.82) is 0 Å². The number of sulfone groups is 1. The molecule has 1 atom stereocenters. The number of alkyl halides is 3. The average molecular weight is 454 g/mol. The van der Waals surface area contributed by atoms with Gasteiger partial charge in [0.1, 0.15) is 6.04 Å². The van der Waals surface area contributed by atoms with E-state index in [4.69, 9.17) is 4.74 Å². The lowest BCUT2D eigenvalue weighted by Gasteiger charge is -2.16. The van der Waals surface area contributed by atoms with Gasteiger partial charge in [-0.2, -0.15) is 13.2 Å². The molecule has 0 spiro atoms. The van der Waals surface area contributed by atoms with Crippen molar-refractivity contribution in [2.45, 2.75) is 22.9 Å². The molecule has 0 aliphatic heterocycles. The van der Waals surface area contributed by atoms with Crippen LogP contribution >= 0.6 is 0 Å². The standard InChI is InChI=1S/C20H17F3N2O5S/c1-30-19(27)17(10-13-11-24-16-5-3-2-4-15(13)16)25-18(26)12-6-8-14(9-7-12)31(28,29)20(21,22)23/h2-9,11,17,24H,10H2,1H3,(H,25,26)/t17-/m1/s1. The third kappa shape index (κ3) is 4.55. The molecular formula is C20H17F3N2O5S. The van der Waals surface area contributed by atoms with Gasteiger partial charge in [0.25, 0.3) is 15.7 Å². The second kappa shape index (κ2) is 8.42. The highest BCUT2D eigenvalue weighted by atomic mass is 32.2. The fourth-order valence-electron chi connectivity index (χ4n) is 3.02. The fraction of sp³-hybridized carbons (Fsp3) is 0.200. The lowest BCUT2D eigenvalue weighted by Crippen LogP contribution is -2.43. The highest BCUT2D eigenvalue weighted by molar-refractivity contribution is 7.92. The van der Waals surface area contributed by atoms with Crippen molar-refractivity contribution in [2.75, 3.05) is 7.11 Å². The number of benzene rings is 2. The Morgan fingerprint density at radius 2 is 1.74 bits per heavy atom. The first-order chi connectivity index (χ1) is 14.5. The van der Waals surface area contributed by atoms with Gasteiger partial charge in [0.15, 0.2) is 0 Å². The molecule has 0 aliphatic rings. The molecule has 0 radical (unpaired) electrons. The van der Waals surface area contributed by atoms with E-state index in [9.17, 15) is 31.2 Å². The second-order valence-corrected chi connectivity index (χ2v) is 8.53. The molecule has 0 saturated heterocycles. The van der Waals surface area contributed by atoms with E-state index < -0.39 is 38.2 Å². The normalized spacial score (nSPS) is 13.0. The fourth-order valence-corrected chi connectivity index (χ4v) is 3.78. The summed E-state index contributed by atoms with van der Waals surface area (Å²) in [5, 5.41) is 3.33. The molecular weight excluding hydrogens is 437 g/mol. The molecule has 0 bridgehead atoms. The third-order valence-electron chi connectivity index (χ3n) is 4.62. The molecule has 1 amide bonds. The summed E-state index contributed by atoms with van der Waals surface area (Å²) < 4.78 is 65.6. The van der Waals surface area contributed by atoms with Crippen LogP contribution in [0, 0.1) is 0 Å². The van der Waals surface area contributed by atoms with E-state index in [1.165, 1.54) is 0 Å². The van der Waals surface area contributed by atoms with Crippen LogP contribution in [0.5, 0.6) is 0 Å². The Morgan fingerprint density at radius 3 is 2.35 bits per heavy atom. The quantitative estimate of drug-likeness (QED) is 0.557. The monoisotopic (exact) mass is 454 g/mol. The van der Waals surface area contributed by atoms with Crippen molar-refractivity contribution >= 4 is 32.6 Å². The minimum Gasteiger partial charge on any atom is -0.467 e. The summed E-state index contributed by atoms with van der Waals surface area (Å²) in [6.07, 6.45) is 1.80. The summed E-state index contributed by atoms with van der Waals surface area (Å²) in [7, 11) is -4.36. The number of amides is 1. The Bertz CT molecular complexity index is 1220. The Balaban J connectivity index is 1.80. The van der Waals surface area contributed by atoms with Gasteiger partial charge in [-0.25, -0.2) is 13.2 Å². The predicted octanol–water partition coefficient (Wildman–Crippen LogP) is 2.98. The second-order valence-electron chi connectivity index (χ2n) is 6.59. The number of esters is 1. The number of carbonyl (C=O) groups is 2. The number of fused-ring (bicyclic) bond motifs is 1. The Labute approximate surface area is 175 Å². The number of aromatic nitrogens is 1. The highest BCUT2D eigenvalue weighted by Crippen LogP contribution is 2.30. The number of H-pyrrole nitrogens is 1. The predicted molar refractivity (Wildman–Crippen MR) is 105 cm³/mol. The molecule has 31 heavy (non-hydrogen) atoms. The molecule has 3 rings (SSSR count). The summed E-state index contributed by atoms with van der Waals surface area (Å²) in [6, 6.07) is 9.53. The number of methoxy groups -OCH3 is 1. The molecule has 0 aliphatic carbocycles. The van der Waals surface area contributed by atoms with Gasteiger partial charge in [0.2, 0.25) is 0 Å². The van der Waals surface area contributed by atoms with Crippen LogP contribution in [0.3, 0.4) is 0 Å². The van der Waals surface area contributed by atoms with Gasteiger partial charge in [-0.3, -0.25) is 4.79 Å². The van der Waals surface area contributed by atoms with Gasteiger partial charge in [-0.05, 0) is 35.9 Å². The first-order valence-corrected chi connectivity index (χ1v) is 10.4. The zero-order chi connectivity index (χ0) is 22.8. The summed E-state index contributed by atoms with van der Waals surface area (Å²) in [5.41, 5.74) is -3.98. The number of para-hydroxylation sites is 1. The number of hydrogen-bond acceptors (Lipinski definition) is 5. The van der Waals surface area contributed by atoms with Gasteiger partial charge in [-0.15, -0.1) is 0 Å². The van der Waals surface area contributed by atoms with E-state index in [0.29, 0.717) is 12.1 Å². The zero-order valence-electron chi connectivity index (χ0n) is 16.1. The van der Waals surface area contributed by atoms with Gasteiger partial charge < -0.3 is 15.0 Å². The largest absolute Gasteiger partial charge is 0.501 e. The van der Waals surface area contributed by atoms with E-state index in [2.05, 4.69) is 10.3 Å². The Hall–Kier alpha value is -3.34. The van der Waals surface area contributed by atoms with Crippen molar-refractivity contribution < 1.29 is 35.9 Å². The molecule has 164 valence electrons. The van der Waals surface area contributed by atoms with Crippen LogP contribution in [0.25, 0.3) is 10.9 Å². The molecule has 0 saturated carbocycles. The van der Waals surface area contributed by atoms with Gasteiger partial charge in [0.05, 0.1) is 12.0 Å². The topological polar surface area (TPSA) is 105 Å². The van der Waals surface area contributed by atoms with Crippen LogP contribution in [0.2, 0.25) is 0 Å². The number of halogens is 3. The van der Waals surface area contributed by atoms with Crippen LogP contribution in [-0.4, -0.2) is 43.9 Å². The molecule has 11 heteroatoms. The van der Waals surface area contributed by atoms with Gasteiger partial charge >= 0.3 is 11.5 Å². The molecule has 3 aromatic rings. The number of hydrogen-bond donors (Lipinski definition) is 2. The molecule has 0 fully saturated rings. The van der Waals surface area contributed by atoms with E-state index in [0.717, 1.165) is 35.7 Å². The van der Waals surface area contributed by atoms with E-state index >= 15 is 0 Å². The maximum absolute atomic E-state index is 12.6. The van der Waals surface area contributed by atoms with Crippen molar-refractivity contribution in [1.82, 2.24) is 10.3 Å². The molecule has 1 aromatic heterocycles. The van der Waals surface area contributed by atoms with Crippen LogP contribution < -0.4 is 5.32 Å². The minimum absolute atomic E-state index is 0.100. The molecule has 1 heterocycles. The lowest BCUT2D eigenvalue weighted by atomic mass is 10.0. The van der Waals surface area contributed by atoms with Crippen LogP contribution in [0.1, 0.15) is 15.9 Å². The van der Waals surface area contributed by atoms with Crippen LogP contribution in [0.4, 0.5) is 13.2 Å². The third-order valence-corrected chi connectivity index (χ3v) is 6.12. The number of rotatable bonds is 6. The van der Waals surface area contributed by atoms with Crippen LogP contribution in [-0.2, 0) is 25.8 Å². The van der Waals surface area contributed by atoms with E-state index in [-0.39, 0.29) is 12.0 Å². The first kappa shape index (κ1) is 22.3. The molecule has 0 unspecified atom stereocenters. The highest BCUT2D eigenvalue weighted by Gasteiger charge is 2.46. The SMILES string of the molecule is COC(=O)[C@@H](Cc1c[nH]c2ccccc12)NC(=O)c1ccc(S(=O)(=O)C(F)(F)F)cc1. The maximum Gasteiger partial charge on any atom is 0.501 e. The van der Waals surface area contributed by atoms with Crippen molar-refractivity contribution in [3.8, 4) is 0 Å². The molecule has 7 nitrogen and oxygen atoms in total. The molecule has 2 aromatic carbocycles.